The summed E-state index contributed by atoms with van der Waals surface area (Å²) in [6.07, 6.45) is 3.24. The number of aromatic nitrogens is 4. The Morgan fingerprint density at radius 3 is 2.85 bits per heavy atom. The van der Waals surface area contributed by atoms with E-state index in [1.807, 2.05) is 31.2 Å². The monoisotopic (exact) mass is 352 g/mol. The highest BCUT2D eigenvalue weighted by Gasteiger charge is 2.18. The van der Waals surface area contributed by atoms with E-state index in [-0.39, 0.29) is 12.5 Å². The molecule has 3 heterocycles. The van der Waals surface area contributed by atoms with Gasteiger partial charge < -0.3 is 15.0 Å². The first kappa shape index (κ1) is 16.5. The van der Waals surface area contributed by atoms with Crippen molar-refractivity contribution in [2.75, 3.05) is 36.5 Å². The lowest BCUT2D eigenvalue weighted by Gasteiger charge is -2.27. The SMILES string of the molecule is Cc1ccccc1NC(=O)Cn1ncc2c(N3CCOCC3)ncnc21. The van der Waals surface area contributed by atoms with Crippen LogP contribution in [-0.2, 0) is 16.1 Å². The summed E-state index contributed by atoms with van der Waals surface area (Å²) in [6, 6.07) is 7.68. The topological polar surface area (TPSA) is 85.2 Å². The smallest absolute Gasteiger partial charge is 0.246 e. The van der Waals surface area contributed by atoms with Gasteiger partial charge in [-0.3, -0.25) is 4.79 Å². The number of nitrogens with zero attached hydrogens (tertiary/aromatic N) is 5. The lowest BCUT2D eigenvalue weighted by atomic mass is 10.2. The molecule has 0 saturated carbocycles. The van der Waals surface area contributed by atoms with E-state index in [9.17, 15) is 4.79 Å². The zero-order valence-electron chi connectivity index (χ0n) is 14.6. The van der Waals surface area contributed by atoms with Gasteiger partial charge in [-0.15, -0.1) is 0 Å². The molecule has 4 rings (SSSR count). The summed E-state index contributed by atoms with van der Waals surface area (Å²) in [6.45, 7) is 4.98. The molecule has 8 heteroatoms. The Kier molecular flexibility index (Phi) is 4.49. The second-order valence-electron chi connectivity index (χ2n) is 6.20. The minimum Gasteiger partial charge on any atom is -0.378 e. The molecule has 1 aliphatic heterocycles. The van der Waals surface area contributed by atoms with Gasteiger partial charge in [0, 0.05) is 18.8 Å². The molecule has 8 nitrogen and oxygen atoms in total. The first-order chi connectivity index (χ1) is 12.7. The Bertz CT molecular complexity index is 932. The first-order valence-electron chi connectivity index (χ1n) is 8.57. The lowest BCUT2D eigenvalue weighted by Crippen LogP contribution is -2.36. The van der Waals surface area contributed by atoms with Gasteiger partial charge in [-0.25, -0.2) is 14.6 Å². The van der Waals surface area contributed by atoms with Crippen molar-refractivity contribution in [2.24, 2.45) is 0 Å². The van der Waals surface area contributed by atoms with Crippen LogP contribution in [-0.4, -0.2) is 52.0 Å². The summed E-state index contributed by atoms with van der Waals surface area (Å²) in [4.78, 5) is 23.3. The van der Waals surface area contributed by atoms with Crippen molar-refractivity contribution < 1.29 is 9.53 Å². The molecule has 0 spiro atoms. The van der Waals surface area contributed by atoms with E-state index in [1.165, 1.54) is 6.33 Å². The summed E-state index contributed by atoms with van der Waals surface area (Å²) in [7, 11) is 0. The third-order valence-electron chi connectivity index (χ3n) is 4.44. The first-order valence-corrected chi connectivity index (χ1v) is 8.57. The number of nitrogens with one attached hydrogen (secondary N) is 1. The number of benzene rings is 1. The van der Waals surface area contributed by atoms with Gasteiger partial charge in [-0.1, -0.05) is 18.2 Å². The van der Waals surface area contributed by atoms with Crippen LogP contribution < -0.4 is 10.2 Å². The number of carbonyl (C=O) groups excluding carboxylic acids is 1. The predicted molar refractivity (Wildman–Crippen MR) is 98.2 cm³/mol. The van der Waals surface area contributed by atoms with Crippen LogP contribution in [0.2, 0.25) is 0 Å². The van der Waals surface area contributed by atoms with Crippen molar-refractivity contribution in [1.82, 2.24) is 19.7 Å². The van der Waals surface area contributed by atoms with E-state index in [1.54, 1.807) is 10.9 Å². The third kappa shape index (κ3) is 3.23. The molecule has 0 atom stereocenters. The molecule has 2 aromatic heterocycles. The molecule has 1 fully saturated rings. The Labute approximate surface area is 150 Å². The number of rotatable bonds is 4. The highest BCUT2D eigenvalue weighted by molar-refractivity contribution is 5.93. The quantitative estimate of drug-likeness (QED) is 0.768. The van der Waals surface area contributed by atoms with E-state index in [4.69, 9.17) is 4.74 Å². The molecule has 26 heavy (non-hydrogen) atoms. The van der Waals surface area contributed by atoms with E-state index >= 15 is 0 Å². The molecule has 1 aromatic carbocycles. The van der Waals surface area contributed by atoms with Gasteiger partial charge in [0.2, 0.25) is 5.91 Å². The fourth-order valence-corrected chi connectivity index (χ4v) is 3.06. The predicted octanol–water partition coefficient (Wildman–Crippen LogP) is 1.61. The molecule has 134 valence electrons. The number of morpholine rings is 1. The third-order valence-corrected chi connectivity index (χ3v) is 4.44. The largest absolute Gasteiger partial charge is 0.378 e. The van der Waals surface area contributed by atoms with Gasteiger partial charge in [-0.05, 0) is 18.6 Å². The number of ether oxygens (including phenoxy) is 1. The Balaban J connectivity index is 1.56. The van der Waals surface area contributed by atoms with Crippen molar-refractivity contribution in [3.05, 3.63) is 42.4 Å². The van der Waals surface area contributed by atoms with Crippen LogP contribution in [0.15, 0.2) is 36.8 Å². The molecule has 3 aromatic rings. The van der Waals surface area contributed by atoms with Crippen molar-refractivity contribution in [3.8, 4) is 0 Å². The van der Waals surface area contributed by atoms with Crippen molar-refractivity contribution >= 4 is 28.4 Å². The number of hydrogen-bond acceptors (Lipinski definition) is 6. The van der Waals surface area contributed by atoms with Crippen LogP contribution in [0.5, 0.6) is 0 Å². The molecule has 1 saturated heterocycles. The number of para-hydroxylation sites is 1. The Morgan fingerprint density at radius 1 is 1.23 bits per heavy atom. The van der Waals surface area contributed by atoms with Gasteiger partial charge in [-0.2, -0.15) is 5.10 Å². The highest BCUT2D eigenvalue weighted by atomic mass is 16.5. The zero-order chi connectivity index (χ0) is 17.9. The Morgan fingerprint density at radius 2 is 2.04 bits per heavy atom. The van der Waals surface area contributed by atoms with E-state index in [2.05, 4.69) is 25.3 Å². The van der Waals surface area contributed by atoms with Gasteiger partial charge in [0.05, 0.1) is 24.8 Å². The van der Waals surface area contributed by atoms with Gasteiger partial charge in [0.25, 0.3) is 0 Å². The second kappa shape index (κ2) is 7.09. The number of hydrogen-bond donors (Lipinski definition) is 1. The van der Waals surface area contributed by atoms with Crippen LogP contribution in [0.1, 0.15) is 5.56 Å². The van der Waals surface area contributed by atoms with Gasteiger partial charge >= 0.3 is 0 Å². The van der Waals surface area contributed by atoms with Crippen molar-refractivity contribution in [2.45, 2.75) is 13.5 Å². The summed E-state index contributed by atoms with van der Waals surface area (Å²) in [5.41, 5.74) is 2.47. The molecule has 1 N–H and O–H groups in total. The van der Waals surface area contributed by atoms with Gasteiger partial charge in [0.1, 0.15) is 18.7 Å². The summed E-state index contributed by atoms with van der Waals surface area (Å²) in [5.74, 6) is 0.694. The lowest BCUT2D eigenvalue weighted by molar-refractivity contribution is -0.116. The van der Waals surface area contributed by atoms with Crippen LogP contribution in [0, 0.1) is 6.92 Å². The molecule has 1 amide bonds. The maximum atomic E-state index is 12.4. The number of amides is 1. The average molecular weight is 352 g/mol. The average Bonchev–Trinajstić information content (AvgIpc) is 3.07. The normalized spacial score (nSPS) is 14.6. The Hall–Kier alpha value is -3.00. The fraction of sp³-hybridized carbons (Fsp3) is 0.333. The summed E-state index contributed by atoms with van der Waals surface area (Å²) >= 11 is 0. The molecular formula is C18H20N6O2. The molecule has 0 aliphatic carbocycles. The number of carbonyl (C=O) groups is 1. The van der Waals surface area contributed by atoms with E-state index in [0.717, 1.165) is 35.5 Å². The maximum absolute atomic E-state index is 12.4. The van der Waals surface area contributed by atoms with Crippen LogP contribution in [0.4, 0.5) is 11.5 Å². The van der Waals surface area contributed by atoms with Crippen LogP contribution in [0.25, 0.3) is 11.0 Å². The molecular weight excluding hydrogens is 332 g/mol. The molecule has 0 radical (unpaired) electrons. The molecule has 0 unspecified atom stereocenters. The summed E-state index contributed by atoms with van der Waals surface area (Å²) < 4.78 is 7.00. The van der Waals surface area contributed by atoms with Crippen LogP contribution in [0.3, 0.4) is 0 Å². The zero-order valence-corrected chi connectivity index (χ0v) is 14.6. The van der Waals surface area contributed by atoms with Gasteiger partial charge in [0.15, 0.2) is 5.65 Å². The maximum Gasteiger partial charge on any atom is 0.246 e. The minimum atomic E-state index is -0.143. The summed E-state index contributed by atoms with van der Waals surface area (Å²) in [5, 5.41) is 8.12. The standard InChI is InChI=1S/C18H20N6O2/c1-13-4-2-3-5-15(13)22-16(25)11-24-18-14(10-21-24)17(19-12-20-18)23-6-8-26-9-7-23/h2-5,10,12H,6-9,11H2,1H3,(H,22,25). The fourth-order valence-electron chi connectivity index (χ4n) is 3.06. The number of aryl methyl sites for hydroxylation is 1. The van der Waals surface area contributed by atoms with Crippen molar-refractivity contribution in [1.29, 1.82) is 0 Å². The number of fused-ring (bicyclic) bond motifs is 1. The van der Waals surface area contributed by atoms with E-state index < -0.39 is 0 Å². The highest BCUT2D eigenvalue weighted by Crippen LogP contribution is 2.23. The molecule has 1 aliphatic rings. The van der Waals surface area contributed by atoms with Crippen molar-refractivity contribution in [3.63, 3.8) is 0 Å². The second-order valence-corrected chi connectivity index (χ2v) is 6.20. The number of anilines is 2. The van der Waals surface area contributed by atoms with E-state index in [0.29, 0.717) is 18.9 Å². The minimum absolute atomic E-state index is 0.0946. The molecule has 0 bridgehead atoms. The van der Waals surface area contributed by atoms with Crippen LogP contribution >= 0.6 is 0 Å².